The Morgan fingerprint density at radius 1 is 1.17 bits per heavy atom. The summed E-state index contributed by atoms with van der Waals surface area (Å²) >= 11 is 0. The molecule has 3 rings (SSSR count). The van der Waals surface area contributed by atoms with Crippen molar-refractivity contribution in [2.24, 2.45) is 0 Å². The van der Waals surface area contributed by atoms with E-state index in [4.69, 9.17) is 15.2 Å². The van der Waals surface area contributed by atoms with Crippen molar-refractivity contribution >= 4 is 17.6 Å². The number of ether oxygens (including phenoxy) is 2. The van der Waals surface area contributed by atoms with E-state index < -0.39 is 17.4 Å². The lowest BCUT2D eigenvalue weighted by atomic mass is 10.1. The van der Waals surface area contributed by atoms with Gasteiger partial charge in [0.15, 0.2) is 6.79 Å². The first kappa shape index (κ1) is 14.8. The van der Waals surface area contributed by atoms with Crippen LogP contribution in [0, 0.1) is 0 Å². The van der Waals surface area contributed by atoms with E-state index in [1.807, 2.05) is 0 Å². The summed E-state index contributed by atoms with van der Waals surface area (Å²) < 4.78 is 11.4. The van der Waals surface area contributed by atoms with Crippen LogP contribution in [-0.4, -0.2) is 30.3 Å². The maximum absolute atomic E-state index is 12.4. The third kappa shape index (κ3) is 2.34. The highest BCUT2D eigenvalue weighted by Crippen LogP contribution is 2.27. The van der Waals surface area contributed by atoms with Crippen LogP contribution in [-0.2, 0) is 4.74 Å². The van der Waals surface area contributed by atoms with Crippen LogP contribution in [0.15, 0.2) is 35.1 Å². The quantitative estimate of drug-likeness (QED) is 0.619. The molecule has 2 heterocycles. The molecule has 1 aromatic carbocycles. The number of hydrogen-bond acceptors (Lipinski definition) is 6. The average molecular weight is 315 g/mol. The molecule has 1 aromatic heterocycles. The predicted molar refractivity (Wildman–Crippen MR) is 80.8 cm³/mol. The Hall–Kier alpha value is -3.13. The first-order valence-corrected chi connectivity index (χ1v) is 6.67. The second-order valence-electron chi connectivity index (χ2n) is 4.79. The second kappa shape index (κ2) is 5.58. The van der Waals surface area contributed by atoms with Crippen molar-refractivity contribution in [2.75, 3.05) is 19.6 Å². The van der Waals surface area contributed by atoms with E-state index in [1.165, 1.54) is 7.11 Å². The molecule has 0 aliphatic carbocycles. The zero-order valence-electron chi connectivity index (χ0n) is 12.2. The van der Waals surface area contributed by atoms with Crippen LogP contribution in [0.3, 0.4) is 0 Å². The Kier molecular flexibility index (Phi) is 3.59. The molecular formula is C15H13N3O5. The number of hydrogen-bond donors (Lipinski definition) is 2. The highest BCUT2D eigenvalue weighted by molar-refractivity contribution is 6.23. The van der Waals surface area contributed by atoms with Crippen LogP contribution in [0.2, 0.25) is 0 Å². The fourth-order valence-corrected chi connectivity index (χ4v) is 2.41. The number of nitrogen functional groups attached to an aromatic ring is 1. The number of benzene rings is 1. The zero-order valence-corrected chi connectivity index (χ0v) is 12.2. The summed E-state index contributed by atoms with van der Waals surface area (Å²) in [5, 5.41) is 2.12. The van der Waals surface area contributed by atoms with Crippen LogP contribution in [0.4, 0.5) is 5.82 Å². The Labute approximate surface area is 130 Å². The van der Waals surface area contributed by atoms with E-state index in [-0.39, 0.29) is 23.7 Å². The van der Waals surface area contributed by atoms with Crippen molar-refractivity contribution in [1.82, 2.24) is 9.88 Å². The fraction of sp³-hybridized carbons (Fsp3) is 0.133. The third-order valence-electron chi connectivity index (χ3n) is 3.39. The number of methoxy groups -OCH3 is 1. The summed E-state index contributed by atoms with van der Waals surface area (Å²) in [5.41, 5.74) is 5.75. The van der Waals surface area contributed by atoms with Gasteiger partial charge >= 0.3 is 0 Å². The first-order chi connectivity index (χ1) is 11.0. The minimum atomic E-state index is -0.634. The van der Waals surface area contributed by atoms with Crippen LogP contribution >= 0.6 is 0 Å². The number of fused-ring (bicyclic) bond motifs is 1. The molecule has 8 heteroatoms. The van der Waals surface area contributed by atoms with Crippen LogP contribution < -0.4 is 21.3 Å². The van der Waals surface area contributed by atoms with Gasteiger partial charge in [0, 0.05) is 13.2 Å². The summed E-state index contributed by atoms with van der Waals surface area (Å²) in [6.07, 6.45) is 0. The number of nitrogens with two attached hydrogens (primary N) is 1. The van der Waals surface area contributed by atoms with E-state index in [0.717, 1.165) is 10.6 Å². The lowest BCUT2D eigenvalue weighted by Gasteiger charge is -2.15. The maximum Gasteiger partial charge on any atom is 0.262 e. The number of nitrogens with one attached hydrogen (secondary N) is 1. The fourth-order valence-electron chi connectivity index (χ4n) is 2.41. The Balaban J connectivity index is 2.23. The number of para-hydroxylation sites is 2. The number of imide groups is 1. The van der Waals surface area contributed by atoms with Gasteiger partial charge in [-0.15, -0.1) is 0 Å². The van der Waals surface area contributed by atoms with E-state index in [2.05, 4.69) is 5.32 Å². The average Bonchev–Trinajstić information content (AvgIpc) is 2.80. The minimum Gasteiger partial charge on any atom is -0.465 e. The lowest BCUT2D eigenvalue weighted by Crippen LogP contribution is -2.24. The molecule has 3 N–H and O–H groups in total. The molecule has 23 heavy (non-hydrogen) atoms. The molecule has 0 spiro atoms. The van der Waals surface area contributed by atoms with Crippen molar-refractivity contribution < 1.29 is 19.1 Å². The molecule has 0 radical (unpaired) electrons. The number of rotatable bonds is 4. The van der Waals surface area contributed by atoms with E-state index in [0.29, 0.717) is 11.4 Å². The van der Waals surface area contributed by atoms with Gasteiger partial charge in [-0.3, -0.25) is 24.3 Å². The predicted octanol–water partition coefficient (Wildman–Crippen LogP) is 0.286. The molecule has 1 aliphatic rings. The van der Waals surface area contributed by atoms with Crippen molar-refractivity contribution in [3.63, 3.8) is 0 Å². The van der Waals surface area contributed by atoms with Crippen molar-refractivity contribution in [2.45, 2.75) is 0 Å². The summed E-state index contributed by atoms with van der Waals surface area (Å²) in [4.78, 5) is 35.9. The van der Waals surface area contributed by atoms with E-state index >= 15 is 0 Å². The summed E-state index contributed by atoms with van der Waals surface area (Å²) in [6, 6.07) is 7.75. The van der Waals surface area contributed by atoms with E-state index in [9.17, 15) is 14.4 Å². The van der Waals surface area contributed by atoms with Gasteiger partial charge in [0.25, 0.3) is 17.4 Å². The molecule has 118 valence electrons. The SMILES string of the molecule is COCOc1ccccc1-n1c(N)c2c(cc1=O)C(=O)NC2=O. The highest BCUT2D eigenvalue weighted by Gasteiger charge is 2.32. The second-order valence-corrected chi connectivity index (χ2v) is 4.79. The minimum absolute atomic E-state index is 0.0175. The first-order valence-electron chi connectivity index (χ1n) is 6.67. The normalized spacial score (nSPS) is 12.9. The summed E-state index contributed by atoms with van der Waals surface area (Å²) in [7, 11) is 1.47. The molecule has 2 amide bonds. The largest absolute Gasteiger partial charge is 0.465 e. The Bertz CT molecular complexity index is 872. The standard InChI is InChI=1S/C15H13N3O5/c1-22-7-23-10-5-3-2-4-9(10)18-11(19)6-8-12(13(18)16)15(21)17-14(8)20/h2-6H,7,16H2,1H3,(H,17,20,21). The van der Waals surface area contributed by atoms with Gasteiger partial charge in [-0.05, 0) is 12.1 Å². The van der Waals surface area contributed by atoms with Crippen LogP contribution in [0.1, 0.15) is 20.7 Å². The number of carbonyl (C=O) groups excluding carboxylic acids is 2. The Morgan fingerprint density at radius 2 is 1.91 bits per heavy atom. The van der Waals surface area contributed by atoms with Crippen LogP contribution in [0.5, 0.6) is 5.75 Å². The third-order valence-corrected chi connectivity index (χ3v) is 3.39. The van der Waals surface area contributed by atoms with Gasteiger partial charge in [0.2, 0.25) is 0 Å². The molecular weight excluding hydrogens is 302 g/mol. The molecule has 0 saturated carbocycles. The number of nitrogens with zero attached hydrogens (tertiary/aromatic N) is 1. The van der Waals surface area contributed by atoms with E-state index in [1.54, 1.807) is 24.3 Å². The molecule has 8 nitrogen and oxygen atoms in total. The number of aromatic nitrogens is 1. The summed E-state index contributed by atoms with van der Waals surface area (Å²) in [5.74, 6) is -1.03. The van der Waals surface area contributed by atoms with Gasteiger partial charge in [-0.25, -0.2) is 0 Å². The maximum atomic E-state index is 12.4. The van der Waals surface area contributed by atoms with Gasteiger partial charge in [-0.2, -0.15) is 0 Å². The monoisotopic (exact) mass is 315 g/mol. The van der Waals surface area contributed by atoms with Crippen molar-refractivity contribution in [1.29, 1.82) is 0 Å². The molecule has 0 unspecified atom stereocenters. The summed E-state index contributed by atoms with van der Waals surface area (Å²) in [6.45, 7) is -0.0183. The molecule has 1 aliphatic heterocycles. The molecule has 2 aromatic rings. The smallest absolute Gasteiger partial charge is 0.262 e. The van der Waals surface area contributed by atoms with Gasteiger partial charge in [0.1, 0.15) is 11.6 Å². The van der Waals surface area contributed by atoms with Gasteiger partial charge < -0.3 is 15.2 Å². The van der Waals surface area contributed by atoms with Crippen molar-refractivity contribution in [3.05, 3.63) is 51.8 Å². The Morgan fingerprint density at radius 3 is 2.65 bits per heavy atom. The molecule has 0 saturated heterocycles. The van der Waals surface area contributed by atoms with Crippen molar-refractivity contribution in [3.8, 4) is 11.4 Å². The lowest BCUT2D eigenvalue weighted by molar-refractivity contribution is 0.0510. The number of carbonyl (C=O) groups is 2. The molecule has 0 atom stereocenters. The number of anilines is 1. The van der Waals surface area contributed by atoms with Crippen LogP contribution in [0.25, 0.3) is 5.69 Å². The molecule has 0 fully saturated rings. The zero-order chi connectivity index (χ0) is 16.6. The van der Waals surface area contributed by atoms with Gasteiger partial charge in [0.05, 0.1) is 16.8 Å². The number of pyridine rings is 1. The topological polar surface area (TPSA) is 113 Å². The highest BCUT2D eigenvalue weighted by atomic mass is 16.7. The van der Waals surface area contributed by atoms with Gasteiger partial charge in [-0.1, -0.05) is 12.1 Å². The number of amides is 2. The molecule has 0 bridgehead atoms.